The second kappa shape index (κ2) is 10.4. The van der Waals surface area contributed by atoms with Gasteiger partial charge in [-0.15, -0.1) is 6.58 Å². The summed E-state index contributed by atoms with van der Waals surface area (Å²) >= 11 is 6.50. The van der Waals surface area contributed by atoms with E-state index in [0.717, 1.165) is 0 Å². The largest absolute Gasteiger partial charge is 0.466 e. The van der Waals surface area contributed by atoms with Gasteiger partial charge in [0.15, 0.2) is 0 Å². The molecule has 1 N–H and O–H groups in total. The molecular weight excluding hydrogens is 496 g/mol. The highest BCUT2D eigenvalue weighted by Crippen LogP contribution is 2.65. The minimum atomic E-state index is -1.22. The summed E-state index contributed by atoms with van der Waals surface area (Å²) in [4.78, 5) is 45.1. The van der Waals surface area contributed by atoms with Crippen molar-refractivity contribution >= 4 is 35.1 Å². The number of carbonyl (C=O) groups excluding carboxylic acids is 3. The third kappa shape index (κ3) is 4.08. The zero-order chi connectivity index (χ0) is 27.1. The van der Waals surface area contributed by atoms with Crippen LogP contribution in [0.15, 0.2) is 36.9 Å². The average molecular weight is 533 g/mol. The Morgan fingerprint density at radius 1 is 1.32 bits per heavy atom. The Kier molecular flexibility index (Phi) is 7.75. The van der Waals surface area contributed by atoms with Crippen LogP contribution in [0.5, 0.6) is 0 Å². The van der Waals surface area contributed by atoms with Gasteiger partial charge in [0.1, 0.15) is 17.6 Å². The predicted octanol–water partition coefficient (Wildman–Crippen LogP) is 3.59. The number of aliphatic hydroxyl groups is 1. The van der Waals surface area contributed by atoms with Gasteiger partial charge in [0.05, 0.1) is 41.5 Å². The average Bonchev–Trinajstić information content (AvgIpc) is 3.47. The van der Waals surface area contributed by atoms with Gasteiger partial charge < -0.3 is 24.4 Å². The minimum Gasteiger partial charge on any atom is -0.466 e. The molecular formula is C28H37ClN2O6. The third-order valence-electron chi connectivity index (χ3n) is 8.43. The fraction of sp³-hybridized carbons (Fsp3) is 0.607. The van der Waals surface area contributed by atoms with Gasteiger partial charge in [0.2, 0.25) is 5.91 Å². The zero-order valence-electron chi connectivity index (χ0n) is 22.0. The number of fused-ring (bicyclic) bond motifs is 1. The van der Waals surface area contributed by atoms with E-state index in [1.165, 1.54) is 9.80 Å². The summed E-state index contributed by atoms with van der Waals surface area (Å²) in [5, 5.41) is 10.8. The Morgan fingerprint density at radius 3 is 2.59 bits per heavy atom. The third-order valence-corrected chi connectivity index (χ3v) is 8.75. The van der Waals surface area contributed by atoms with Crippen molar-refractivity contribution in [3.8, 4) is 0 Å². The summed E-state index contributed by atoms with van der Waals surface area (Å²) < 4.78 is 12.2. The van der Waals surface area contributed by atoms with Crippen molar-refractivity contribution in [2.24, 2.45) is 17.8 Å². The Morgan fingerprint density at radius 2 is 2.03 bits per heavy atom. The first-order valence-electron chi connectivity index (χ1n) is 13.1. The number of aliphatic hydroxyl groups excluding tert-OH is 1. The molecule has 0 aromatic heterocycles. The number of nitrogens with zero attached hydrogens (tertiary/aromatic N) is 2. The molecule has 2 bridgehead atoms. The summed E-state index contributed by atoms with van der Waals surface area (Å²) in [6.07, 6.45) is 3.09. The highest BCUT2D eigenvalue weighted by Gasteiger charge is 2.79. The van der Waals surface area contributed by atoms with Crippen molar-refractivity contribution < 1.29 is 29.0 Å². The normalized spacial score (nSPS) is 30.9. The van der Waals surface area contributed by atoms with Gasteiger partial charge in [0, 0.05) is 6.54 Å². The molecule has 2 unspecified atom stereocenters. The maximum atomic E-state index is 14.6. The van der Waals surface area contributed by atoms with E-state index in [1.807, 2.05) is 20.8 Å². The molecule has 1 aromatic rings. The minimum absolute atomic E-state index is 0.147. The van der Waals surface area contributed by atoms with Gasteiger partial charge in [0.25, 0.3) is 5.91 Å². The number of para-hydroxylation sites is 1. The standard InChI is InChI=1S/C28H37ClN2O6/c1-6-15-30(19-12-10-9-11-18(19)29)25(34)23-28-14-13-27(7-2,37-28)22(26(35)36-8-3)21(28)24(33)31(23)20(16-32)17(4)5/h6,9-12,17,20-23,32H,1,7-8,13-16H2,2-5H3/t20-,21-,22-,23?,27+,28?/m0/s1. The number of rotatable bonds is 10. The lowest BCUT2D eigenvalue weighted by atomic mass is 9.65. The highest BCUT2D eigenvalue weighted by molar-refractivity contribution is 6.34. The van der Waals surface area contributed by atoms with Gasteiger partial charge in [-0.2, -0.15) is 0 Å². The molecule has 4 rings (SSSR count). The van der Waals surface area contributed by atoms with Gasteiger partial charge in [-0.05, 0) is 44.2 Å². The lowest BCUT2D eigenvalue weighted by Gasteiger charge is -2.40. The molecule has 3 aliphatic rings. The molecule has 3 aliphatic heterocycles. The fourth-order valence-electron chi connectivity index (χ4n) is 6.76. The molecule has 6 atom stereocenters. The number of anilines is 1. The maximum Gasteiger partial charge on any atom is 0.312 e. The van der Waals surface area contributed by atoms with Crippen molar-refractivity contribution in [3.63, 3.8) is 0 Å². The van der Waals surface area contributed by atoms with Gasteiger partial charge in [-0.25, -0.2) is 0 Å². The van der Waals surface area contributed by atoms with Crippen molar-refractivity contribution in [2.75, 3.05) is 24.7 Å². The SMILES string of the molecule is C=CCN(C(=O)C1N([C@@H](CO)C(C)C)C(=O)[C@@H]2[C@@H](C(=O)OCC)[C@@]3(CC)CCC12O3)c1ccccc1Cl. The number of hydrogen-bond donors (Lipinski definition) is 1. The van der Waals surface area contributed by atoms with Crippen LogP contribution in [-0.4, -0.2) is 70.8 Å². The van der Waals surface area contributed by atoms with E-state index < -0.39 is 41.1 Å². The first kappa shape index (κ1) is 27.6. The molecule has 2 amide bonds. The molecule has 37 heavy (non-hydrogen) atoms. The van der Waals surface area contributed by atoms with Crippen LogP contribution in [0.3, 0.4) is 0 Å². The van der Waals surface area contributed by atoms with Gasteiger partial charge in [-0.1, -0.05) is 50.6 Å². The Labute approximate surface area is 223 Å². The van der Waals surface area contributed by atoms with Crippen LogP contribution in [-0.2, 0) is 23.9 Å². The van der Waals surface area contributed by atoms with Crippen molar-refractivity contribution in [3.05, 3.63) is 41.9 Å². The Hall–Kier alpha value is -2.42. The fourth-order valence-corrected chi connectivity index (χ4v) is 7.00. The maximum absolute atomic E-state index is 14.6. The molecule has 1 aromatic carbocycles. The van der Waals surface area contributed by atoms with Crippen molar-refractivity contribution in [1.82, 2.24) is 4.90 Å². The number of ether oxygens (including phenoxy) is 2. The molecule has 1 spiro atoms. The zero-order valence-corrected chi connectivity index (χ0v) is 22.7. The molecule has 0 radical (unpaired) electrons. The molecule has 3 saturated heterocycles. The van der Waals surface area contributed by atoms with E-state index in [1.54, 1.807) is 37.3 Å². The molecule has 0 aliphatic carbocycles. The number of hydrogen-bond acceptors (Lipinski definition) is 6. The van der Waals surface area contributed by atoms with E-state index >= 15 is 0 Å². The van der Waals surface area contributed by atoms with E-state index in [4.69, 9.17) is 21.1 Å². The number of carbonyl (C=O) groups is 3. The summed E-state index contributed by atoms with van der Waals surface area (Å²) in [6.45, 7) is 11.3. The lowest BCUT2D eigenvalue weighted by molar-refractivity contribution is -0.162. The smallest absolute Gasteiger partial charge is 0.312 e. The number of benzene rings is 1. The van der Waals surface area contributed by atoms with E-state index in [-0.39, 0.29) is 37.5 Å². The van der Waals surface area contributed by atoms with Crippen LogP contribution >= 0.6 is 11.6 Å². The molecule has 3 fully saturated rings. The van der Waals surface area contributed by atoms with E-state index in [2.05, 4.69) is 6.58 Å². The molecule has 3 heterocycles. The van der Waals surface area contributed by atoms with Crippen LogP contribution in [0, 0.1) is 17.8 Å². The van der Waals surface area contributed by atoms with Crippen LogP contribution in [0.25, 0.3) is 0 Å². The quantitative estimate of drug-likeness (QED) is 0.365. The number of likely N-dealkylation sites (tertiary alicyclic amines) is 1. The molecule has 202 valence electrons. The number of esters is 1. The molecule has 9 heteroatoms. The summed E-state index contributed by atoms with van der Waals surface area (Å²) in [5.74, 6) is -3.05. The summed E-state index contributed by atoms with van der Waals surface area (Å²) in [5.41, 5.74) is -1.60. The van der Waals surface area contributed by atoms with Crippen molar-refractivity contribution in [2.45, 2.75) is 70.2 Å². The highest BCUT2D eigenvalue weighted by atomic mass is 35.5. The van der Waals surface area contributed by atoms with Crippen LogP contribution in [0.1, 0.15) is 47.0 Å². The number of amides is 2. The topological polar surface area (TPSA) is 96.4 Å². The predicted molar refractivity (Wildman–Crippen MR) is 140 cm³/mol. The molecule has 8 nitrogen and oxygen atoms in total. The van der Waals surface area contributed by atoms with Crippen LogP contribution < -0.4 is 4.90 Å². The van der Waals surface area contributed by atoms with E-state index in [9.17, 15) is 19.5 Å². The lowest BCUT2D eigenvalue weighted by Crippen LogP contribution is -2.60. The van der Waals surface area contributed by atoms with Crippen LogP contribution in [0.4, 0.5) is 5.69 Å². The first-order chi connectivity index (χ1) is 17.6. The summed E-state index contributed by atoms with van der Waals surface area (Å²) in [6, 6.07) is 5.32. The Bertz CT molecular complexity index is 1080. The second-order valence-electron chi connectivity index (χ2n) is 10.5. The first-order valence-corrected chi connectivity index (χ1v) is 13.5. The van der Waals surface area contributed by atoms with Gasteiger partial charge in [-0.3, -0.25) is 14.4 Å². The van der Waals surface area contributed by atoms with Crippen LogP contribution in [0.2, 0.25) is 5.02 Å². The van der Waals surface area contributed by atoms with Gasteiger partial charge >= 0.3 is 5.97 Å². The Balaban J connectivity index is 1.90. The number of halogens is 1. The monoisotopic (exact) mass is 532 g/mol. The van der Waals surface area contributed by atoms with Crippen molar-refractivity contribution in [1.29, 1.82) is 0 Å². The second-order valence-corrected chi connectivity index (χ2v) is 10.9. The molecule has 0 saturated carbocycles. The van der Waals surface area contributed by atoms with E-state index in [0.29, 0.717) is 30.0 Å². The summed E-state index contributed by atoms with van der Waals surface area (Å²) in [7, 11) is 0.